The van der Waals surface area contributed by atoms with E-state index in [0.29, 0.717) is 13.2 Å². The Bertz CT molecular complexity index is 465. The number of ether oxygens (including phenoxy) is 2. The number of hydrogen-bond donors (Lipinski definition) is 0. The maximum atomic E-state index is 5.98. The Morgan fingerprint density at radius 2 is 1.88 bits per heavy atom. The van der Waals surface area contributed by atoms with E-state index in [1.54, 1.807) is 7.11 Å². The normalized spacial score (nSPS) is 10.5. The summed E-state index contributed by atoms with van der Waals surface area (Å²) in [7, 11) is 1.66. The van der Waals surface area contributed by atoms with Crippen molar-refractivity contribution in [2.75, 3.05) is 7.11 Å². The topological polar surface area (TPSA) is 18.5 Å². The maximum Gasteiger partial charge on any atom is 0.118 e. The third kappa shape index (κ3) is 3.46. The molecule has 1 heterocycles. The van der Waals surface area contributed by atoms with Crippen molar-refractivity contribution in [2.24, 2.45) is 0 Å². The van der Waals surface area contributed by atoms with Gasteiger partial charge in [-0.1, -0.05) is 23.7 Å². The molecule has 0 saturated heterocycles. The third-order valence-electron chi connectivity index (χ3n) is 2.38. The highest BCUT2D eigenvalue weighted by atomic mass is 35.5. The fourth-order valence-corrected chi connectivity index (χ4v) is 2.32. The number of hydrogen-bond acceptors (Lipinski definition) is 3. The average Bonchev–Trinajstić information content (AvgIpc) is 2.76. The Balaban J connectivity index is 1.83. The molecular weight excluding hydrogens is 256 g/mol. The Labute approximate surface area is 110 Å². The molecule has 0 aliphatic rings. The molecule has 2 nitrogen and oxygen atoms in total. The molecule has 1 aromatic heterocycles. The summed E-state index contributed by atoms with van der Waals surface area (Å²) >= 11 is 7.51. The van der Waals surface area contributed by atoms with Crippen LogP contribution in [0.4, 0.5) is 0 Å². The first kappa shape index (κ1) is 12.4. The highest BCUT2D eigenvalue weighted by molar-refractivity contribution is 7.14. The van der Waals surface area contributed by atoms with Gasteiger partial charge in [0.1, 0.15) is 5.75 Å². The summed E-state index contributed by atoms with van der Waals surface area (Å²) in [5, 5.41) is 1.97. The molecule has 90 valence electrons. The van der Waals surface area contributed by atoms with Gasteiger partial charge in [-0.2, -0.15) is 0 Å². The molecule has 0 unspecified atom stereocenters. The highest BCUT2D eigenvalue weighted by Gasteiger charge is 2.01. The van der Waals surface area contributed by atoms with Gasteiger partial charge in [0.15, 0.2) is 0 Å². The molecule has 0 N–H and O–H groups in total. The Kier molecular flexibility index (Phi) is 4.42. The summed E-state index contributed by atoms with van der Waals surface area (Å²) in [4.78, 5) is 0. The first-order valence-electron chi connectivity index (χ1n) is 5.22. The van der Waals surface area contributed by atoms with Gasteiger partial charge in [0.05, 0.1) is 24.7 Å². The summed E-state index contributed by atoms with van der Waals surface area (Å²) in [6.45, 7) is 1.13. The number of benzene rings is 1. The highest BCUT2D eigenvalue weighted by Crippen LogP contribution is 2.23. The second kappa shape index (κ2) is 6.05. The lowest BCUT2D eigenvalue weighted by atomic mass is 10.2. The Morgan fingerprint density at radius 3 is 2.47 bits per heavy atom. The molecule has 1 aromatic carbocycles. The van der Waals surface area contributed by atoms with Gasteiger partial charge in [-0.05, 0) is 29.1 Å². The van der Waals surface area contributed by atoms with Gasteiger partial charge in [-0.3, -0.25) is 0 Å². The van der Waals surface area contributed by atoms with E-state index in [0.717, 1.165) is 21.2 Å². The van der Waals surface area contributed by atoms with E-state index in [-0.39, 0.29) is 0 Å². The van der Waals surface area contributed by atoms with Gasteiger partial charge in [-0.15, -0.1) is 11.3 Å². The van der Waals surface area contributed by atoms with Crippen LogP contribution in [0.2, 0.25) is 4.34 Å². The van der Waals surface area contributed by atoms with Gasteiger partial charge in [0.25, 0.3) is 0 Å². The molecule has 0 bridgehead atoms. The molecule has 0 amide bonds. The maximum absolute atomic E-state index is 5.98. The molecular formula is C13H13ClO2S. The van der Waals surface area contributed by atoms with Gasteiger partial charge in [-0.25, -0.2) is 0 Å². The zero-order valence-corrected chi connectivity index (χ0v) is 11.1. The van der Waals surface area contributed by atoms with Crippen LogP contribution in [0.15, 0.2) is 35.7 Å². The molecule has 4 heteroatoms. The molecule has 17 heavy (non-hydrogen) atoms. The van der Waals surface area contributed by atoms with Crippen LogP contribution in [0.1, 0.15) is 11.1 Å². The van der Waals surface area contributed by atoms with E-state index in [4.69, 9.17) is 21.1 Å². The Hall–Kier alpha value is -1.03. The smallest absolute Gasteiger partial charge is 0.118 e. The first-order chi connectivity index (χ1) is 8.29. The quantitative estimate of drug-likeness (QED) is 0.812. The summed E-state index contributed by atoms with van der Waals surface area (Å²) in [5.74, 6) is 0.856. The average molecular weight is 269 g/mol. The van der Waals surface area contributed by atoms with Crippen LogP contribution in [-0.4, -0.2) is 7.11 Å². The molecule has 0 aliphatic carbocycles. The fraction of sp³-hybridized carbons (Fsp3) is 0.231. The van der Waals surface area contributed by atoms with Crippen molar-refractivity contribution >= 4 is 22.9 Å². The summed E-state index contributed by atoms with van der Waals surface area (Å²) in [6, 6.07) is 9.83. The molecule has 0 atom stereocenters. The summed E-state index contributed by atoms with van der Waals surface area (Å²) < 4.78 is 11.5. The zero-order chi connectivity index (χ0) is 12.1. The van der Waals surface area contributed by atoms with E-state index in [1.807, 2.05) is 35.7 Å². The molecule has 0 spiro atoms. The van der Waals surface area contributed by atoms with Crippen molar-refractivity contribution in [2.45, 2.75) is 13.2 Å². The van der Waals surface area contributed by atoms with Gasteiger partial charge in [0.2, 0.25) is 0 Å². The van der Waals surface area contributed by atoms with E-state index < -0.39 is 0 Å². The van der Waals surface area contributed by atoms with Crippen LogP contribution in [-0.2, 0) is 18.0 Å². The SMILES string of the molecule is COc1ccc(COCc2ccsc2Cl)cc1. The van der Waals surface area contributed by atoms with E-state index >= 15 is 0 Å². The second-order valence-electron chi connectivity index (χ2n) is 3.56. The summed E-state index contributed by atoms with van der Waals surface area (Å²) in [6.07, 6.45) is 0. The molecule has 0 aliphatic heterocycles. The minimum Gasteiger partial charge on any atom is -0.497 e. The monoisotopic (exact) mass is 268 g/mol. The number of halogens is 1. The predicted octanol–water partition coefficient (Wildman–Crippen LogP) is 4.13. The lowest BCUT2D eigenvalue weighted by Gasteiger charge is -2.05. The molecule has 0 saturated carbocycles. The van der Waals surface area contributed by atoms with Crippen LogP contribution in [0.25, 0.3) is 0 Å². The lowest BCUT2D eigenvalue weighted by molar-refractivity contribution is 0.107. The van der Waals surface area contributed by atoms with Crippen molar-refractivity contribution in [1.29, 1.82) is 0 Å². The predicted molar refractivity (Wildman–Crippen MR) is 70.8 cm³/mol. The number of thiophene rings is 1. The fourth-order valence-electron chi connectivity index (χ4n) is 1.42. The van der Waals surface area contributed by atoms with E-state index in [2.05, 4.69) is 0 Å². The minimum absolute atomic E-state index is 0.550. The minimum atomic E-state index is 0.550. The van der Waals surface area contributed by atoms with Gasteiger partial charge in [0, 0.05) is 5.56 Å². The van der Waals surface area contributed by atoms with Crippen molar-refractivity contribution < 1.29 is 9.47 Å². The largest absolute Gasteiger partial charge is 0.497 e. The number of rotatable bonds is 5. The van der Waals surface area contributed by atoms with Crippen LogP contribution in [0.3, 0.4) is 0 Å². The van der Waals surface area contributed by atoms with E-state index in [1.165, 1.54) is 11.3 Å². The molecule has 0 radical (unpaired) electrons. The van der Waals surface area contributed by atoms with Gasteiger partial charge < -0.3 is 9.47 Å². The molecule has 2 aromatic rings. The second-order valence-corrected chi connectivity index (χ2v) is 5.08. The number of methoxy groups -OCH3 is 1. The third-order valence-corrected chi connectivity index (χ3v) is 3.63. The van der Waals surface area contributed by atoms with Crippen molar-refractivity contribution in [3.63, 3.8) is 0 Å². The molecule has 2 rings (SSSR count). The van der Waals surface area contributed by atoms with Crippen molar-refractivity contribution in [3.8, 4) is 5.75 Å². The van der Waals surface area contributed by atoms with Crippen LogP contribution < -0.4 is 4.74 Å². The van der Waals surface area contributed by atoms with Gasteiger partial charge >= 0.3 is 0 Å². The summed E-state index contributed by atoms with van der Waals surface area (Å²) in [5.41, 5.74) is 2.17. The first-order valence-corrected chi connectivity index (χ1v) is 6.48. The van der Waals surface area contributed by atoms with Crippen LogP contribution in [0, 0.1) is 0 Å². The van der Waals surface area contributed by atoms with E-state index in [9.17, 15) is 0 Å². The lowest BCUT2D eigenvalue weighted by Crippen LogP contribution is -1.93. The molecule has 0 fully saturated rings. The zero-order valence-electron chi connectivity index (χ0n) is 9.48. The van der Waals surface area contributed by atoms with Crippen LogP contribution in [0.5, 0.6) is 5.75 Å². The van der Waals surface area contributed by atoms with Crippen LogP contribution >= 0.6 is 22.9 Å². The van der Waals surface area contributed by atoms with Crippen molar-refractivity contribution in [1.82, 2.24) is 0 Å². The standard InChI is InChI=1S/C13H13ClO2S/c1-15-12-4-2-10(3-5-12)8-16-9-11-6-7-17-13(11)14/h2-7H,8-9H2,1H3. The Morgan fingerprint density at radius 1 is 1.12 bits per heavy atom. The van der Waals surface area contributed by atoms with Crippen molar-refractivity contribution in [3.05, 3.63) is 51.2 Å².